The lowest BCUT2D eigenvalue weighted by Crippen LogP contribution is -2.46. The number of halogens is 2. The van der Waals surface area contributed by atoms with Gasteiger partial charge in [-0.15, -0.1) is 0 Å². The third kappa shape index (κ3) is 1.81. The largest absolute Gasteiger partial charge is 0.303 e. The van der Waals surface area contributed by atoms with Gasteiger partial charge >= 0.3 is 0 Å². The Balaban J connectivity index is 1.83. The molecule has 2 heterocycles. The van der Waals surface area contributed by atoms with E-state index in [0.717, 1.165) is 11.0 Å². The second-order valence-electron chi connectivity index (χ2n) is 4.79. The minimum atomic E-state index is -2.51. The maximum atomic E-state index is 13.1. The summed E-state index contributed by atoms with van der Waals surface area (Å²) >= 11 is 0. The zero-order valence-electron chi connectivity index (χ0n) is 9.87. The summed E-state index contributed by atoms with van der Waals surface area (Å²) in [6, 6.07) is 0.0522. The lowest BCUT2D eigenvalue weighted by atomic mass is 9.92. The van der Waals surface area contributed by atoms with Crippen LogP contribution in [-0.4, -0.2) is 21.9 Å². The summed E-state index contributed by atoms with van der Waals surface area (Å²) in [6.07, 6.45) is 4.03. The lowest BCUT2D eigenvalue weighted by Gasteiger charge is -2.35. The SMILES string of the molecule is C=c1ncnc2c1=CNN2C1CCC(F)(F)CC1. The molecule has 0 amide bonds. The first-order valence-corrected chi connectivity index (χ1v) is 6.00. The lowest BCUT2D eigenvalue weighted by molar-refractivity contribution is -0.0384. The van der Waals surface area contributed by atoms with E-state index in [1.165, 1.54) is 6.33 Å². The van der Waals surface area contributed by atoms with Crippen molar-refractivity contribution in [2.75, 3.05) is 5.01 Å². The molecule has 1 aromatic heterocycles. The molecule has 0 radical (unpaired) electrons. The quantitative estimate of drug-likeness (QED) is 0.791. The van der Waals surface area contributed by atoms with Crippen LogP contribution >= 0.6 is 0 Å². The second-order valence-corrected chi connectivity index (χ2v) is 4.79. The average molecular weight is 252 g/mol. The van der Waals surface area contributed by atoms with Crippen molar-refractivity contribution < 1.29 is 8.78 Å². The van der Waals surface area contributed by atoms with Crippen LogP contribution in [0, 0.1) is 0 Å². The standard InChI is InChI=1S/C12H14F2N4/c1-8-10-6-17-18(11(10)16-7-15-8)9-2-4-12(13,14)5-3-9/h6-7,9,17H,1-5H2. The van der Waals surface area contributed by atoms with E-state index in [2.05, 4.69) is 22.0 Å². The third-order valence-electron chi connectivity index (χ3n) is 3.57. The van der Waals surface area contributed by atoms with Gasteiger partial charge in [-0.05, 0) is 12.8 Å². The first-order valence-electron chi connectivity index (χ1n) is 6.00. The summed E-state index contributed by atoms with van der Waals surface area (Å²) in [5.41, 5.74) is 3.08. The van der Waals surface area contributed by atoms with Gasteiger partial charge < -0.3 is 5.43 Å². The Bertz CT molecular complexity index is 562. The molecule has 0 saturated heterocycles. The molecule has 1 fully saturated rings. The van der Waals surface area contributed by atoms with Crippen molar-refractivity contribution in [1.82, 2.24) is 15.4 Å². The molecule has 0 spiro atoms. The first kappa shape index (κ1) is 11.4. The second kappa shape index (κ2) is 3.90. The predicted octanol–water partition coefficient (Wildman–Crippen LogP) is 0.527. The van der Waals surface area contributed by atoms with E-state index < -0.39 is 5.92 Å². The number of anilines is 1. The normalized spacial score (nSPS) is 22.2. The Kier molecular flexibility index (Phi) is 2.46. The van der Waals surface area contributed by atoms with E-state index in [0.29, 0.717) is 18.2 Å². The zero-order chi connectivity index (χ0) is 12.8. The highest BCUT2D eigenvalue weighted by atomic mass is 19.3. The van der Waals surface area contributed by atoms with Crippen LogP contribution in [0.4, 0.5) is 14.6 Å². The molecule has 0 aromatic carbocycles. The third-order valence-corrected chi connectivity index (χ3v) is 3.57. The van der Waals surface area contributed by atoms with Gasteiger partial charge in [0, 0.05) is 19.0 Å². The molecule has 6 heteroatoms. The number of nitrogens with one attached hydrogen (secondary N) is 1. The van der Waals surface area contributed by atoms with Crippen molar-refractivity contribution in [1.29, 1.82) is 0 Å². The van der Waals surface area contributed by atoms with Crippen molar-refractivity contribution >= 4 is 18.6 Å². The maximum Gasteiger partial charge on any atom is 0.248 e. The maximum absolute atomic E-state index is 13.1. The molecule has 1 aliphatic heterocycles. The monoisotopic (exact) mass is 252 g/mol. The molecule has 96 valence electrons. The highest BCUT2D eigenvalue weighted by molar-refractivity contribution is 5.51. The fourth-order valence-corrected chi connectivity index (χ4v) is 2.52. The smallest absolute Gasteiger partial charge is 0.248 e. The van der Waals surface area contributed by atoms with Gasteiger partial charge in [0.05, 0.1) is 16.6 Å². The van der Waals surface area contributed by atoms with Crippen molar-refractivity contribution in [3.8, 4) is 0 Å². The molecule has 0 atom stereocenters. The molecule has 3 rings (SSSR count). The molecule has 18 heavy (non-hydrogen) atoms. The molecule has 0 unspecified atom stereocenters. The van der Waals surface area contributed by atoms with E-state index in [9.17, 15) is 8.78 Å². The predicted molar refractivity (Wildman–Crippen MR) is 64.1 cm³/mol. The van der Waals surface area contributed by atoms with Crippen LogP contribution in [0.5, 0.6) is 0 Å². The van der Waals surface area contributed by atoms with E-state index in [1.54, 1.807) is 6.20 Å². The van der Waals surface area contributed by atoms with Gasteiger partial charge in [-0.3, -0.25) is 5.01 Å². The van der Waals surface area contributed by atoms with Crippen LogP contribution in [0.2, 0.25) is 0 Å². The van der Waals surface area contributed by atoms with Crippen LogP contribution in [0.1, 0.15) is 25.7 Å². The number of aromatic nitrogens is 2. The number of hydrogen-bond acceptors (Lipinski definition) is 4. The number of nitrogens with zero attached hydrogens (tertiary/aromatic N) is 3. The molecule has 4 nitrogen and oxygen atoms in total. The van der Waals surface area contributed by atoms with Gasteiger partial charge in [0.2, 0.25) is 5.92 Å². The van der Waals surface area contributed by atoms with Gasteiger partial charge in [0.1, 0.15) is 6.33 Å². The van der Waals surface area contributed by atoms with Crippen molar-refractivity contribution in [2.24, 2.45) is 0 Å². The Hall–Kier alpha value is -1.72. The summed E-state index contributed by atoms with van der Waals surface area (Å²) in [6.45, 7) is 3.83. The molecule has 1 aromatic rings. The number of hydrogen-bond donors (Lipinski definition) is 1. The van der Waals surface area contributed by atoms with Crippen molar-refractivity contribution in [3.05, 3.63) is 16.9 Å². The van der Waals surface area contributed by atoms with Crippen molar-refractivity contribution in [3.63, 3.8) is 0 Å². The molecule has 1 saturated carbocycles. The van der Waals surface area contributed by atoms with Gasteiger partial charge in [-0.1, -0.05) is 6.58 Å². The zero-order valence-corrected chi connectivity index (χ0v) is 9.87. The summed E-state index contributed by atoms with van der Waals surface area (Å²) in [5.74, 6) is -1.77. The number of hydrazine groups is 1. The summed E-state index contributed by atoms with van der Waals surface area (Å²) < 4.78 is 26.3. The fraction of sp³-hybridized carbons (Fsp3) is 0.500. The highest BCUT2D eigenvalue weighted by Crippen LogP contribution is 2.35. The fourth-order valence-electron chi connectivity index (χ4n) is 2.52. The Morgan fingerprint density at radius 3 is 2.78 bits per heavy atom. The molecule has 1 N–H and O–H groups in total. The van der Waals surface area contributed by atoms with E-state index in [-0.39, 0.29) is 18.9 Å². The van der Waals surface area contributed by atoms with Gasteiger partial charge in [-0.2, -0.15) is 0 Å². The van der Waals surface area contributed by atoms with E-state index >= 15 is 0 Å². The van der Waals surface area contributed by atoms with Crippen LogP contribution in [-0.2, 0) is 0 Å². The minimum Gasteiger partial charge on any atom is -0.303 e. The van der Waals surface area contributed by atoms with Crippen LogP contribution in [0.3, 0.4) is 0 Å². The number of fused-ring (bicyclic) bond motifs is 1. The van der Waals surface area contributed by atoms with Gasteiger partial charge in [-0.25, -0.2) is 18.7 Å². The molecule has 2 aliphatic rings. The van der Waals surface area contributed by atoms with E-state index in [1.807, 2.05) is 5.01 Å². The molecule has 0 bridgehead atoms. The summed E-state index contributed by atoms with van der Waals surface area (Å²) in [7, 11) is 0. The highest BCUT2D eigenvalue weighted by Gasteiger charge is 2.38. The van der Waals surface area contributed by atoms with Crippen LogP contribution in [0.15, 0.2) is 6.33 Å². The first-order chi connectivity index (χ1) is 8.57. The van der Waals surface area contributed by atoms with Gasteiger partial charge in [0.15, 0.2) is 5.82 Å². The van der Waals surface area contributed by atoms with Crippen molar-refractivity contribution in [2.45, 2.75) is 37.6 Å². The molecular formula is C12H14F2N4. The minimum absolute atomic E-state index is 0.0522. The molecule has 1 aliphatic carbocycles. The van der Waals surface area contributed by atoms with Gasteiger partial charge in [0.25, 0.3) is 0 Å². The number of alkyl halides is 2. The molecular weight excluding hydrogens is 238 g/mol. The Labute approximate surface area is 103 Å². The van der Waals surface area contributed by atoms with Crippen LogP contribution < -0.4 is 21.0 Å². The topological polar surface area (TPSA) is 41.1 Å². The summed E-state index contributed by atoms with van der Waals surface area (Å²) in [5, 5.41) is 3.35. The number of rotatable bonds is 1. The van der Waals surface area contributed by atoms with Crippen LogP contribution in [0.25, 0.3) is 12.8 Å². The average Bonchev–Trinajstić information content (AvgIpc) is 2.74. The Morgan fingerprint density at radius 2 is 2.06 bits per heavy atom. The van der Waals surface area contributed by atoms with E-state index in [4.69, 9.17) is 0 Å². The Morgan fingerprint density at radius 1 is 1.33 bits per heavy atom. The summed E-state index contributed by atoms with van der Waals surface area (Å²) in [4.78, 5) is 8.22.